The fraction of sp³-hybridized carbons (Fsp3) is 0.219. The van der Waals surface area contributed by atoms with Gasteiger partial charge in [-0.15, -0.1) is 0 Å². The number of nitrogens with one attached hydrogen (secondary N) is 2. The number of nitrogens with zero attached hydrogens (tertiary/aromatic N) is 4. The van der Waals surface area contributed by atoms with E-state index in [2.05, 4.69) is 26.9 Å². The first-order valence-electron chi connectivity index (χ1n) is 13.9. The second-order valence-electron chi connectivity index (χ2n) is 11.2. The molecule has 6 rings (SSSR count). The van der Waals surface area contributed by atoms with Crippen molar-refractivity contribution in [3.05, 3.63) is 94.9 Å². The van der Waals surface area contributed by atoms with Gasteiger partial charge in [0.15, 0.2) is 4.96 Å². The number of aromatic nitrogens is 4. The summed E-state index contributed by atoms with van der Waals surface area (Å²) in [7, 11) is 0. The Morgan fingerprint density at radius 3 is 2.67 bits per heavy atom. The van der Waals surface area contributed by atoms with Crippen LogP contribution >= 0.6 is 22.9 Å². The molecule has 11 heteroatoms. The largest absolute Gasteiger partial charge is 0.506 e. The van der Waals surface area contributed by atoms with E-state index in [0.29, 0.717) is 23.0 Å². The molecule has 3 aromatic heterocycles. The number of fused-ring (bicyclic) bond motifs is 3. The van der Waals surface area contributed by atoms with Crippen LogP contribution in [0.15, 0.2) is 72.9 Å². The number of carbonyl (C=O) groups is 1. The second-order valence-corrected chi connectivity index (χ2v) is 12.6. The summed E-state index contributed by atoms with van der Waals surface area (Å²) in [6.07, 6.45) is 2.80. The molecule has 0 bridgehead atoms. The quantitative estimate of drug-likeness (QED) is 0.169. The molecule has 3 heterocycles. The maximum absolute atomic E-state index is 13.1. The number of benzene rings is 3. The number of aryl methyl sites for hydroxylation is 1. The Kier molecular flexibility index (Phi) is 7.49. The number of hydrogen-bond donors (Lipinski definition) is 3. The zero-order valence-corrected chi connectivity index (χ0v) is 25.8. The van der Waals surface area contributed by atoms with Crippen molar-refractivity contribution in [3.63, 3.8) is 0 Å². The van der Waals surface area contributed by atoms with Gasteiger partial charge in [-0.25, -0.2) is 14.5 Å². The molecule has 0 saturated carbocycles. The minimum atomic E-state index is -0.407. The van der Waals surface area contributed by atoms with Crippen molar-refractivity contribution in [2.45, 2.75) is 46.1 Å². The molecule has 0 radical (unpaired) electrons. The number of rotatable bonds is 7. The summed E-state index contributed by atoms with van der Waals surface area (Å²) in [6, 6.07) is 19.8. The van der Waals surface area contributed by atoms with E-state index < -0.39 is 6.03 Å². The molecule has 0 aliphatic rings. The van der Waals surface area contributed by atoms with Crippen molar-refractivity contribution in [2.24, 2.45) is 0 Å². The van der Waals surface area contributed by atoms with Crippen molar-refractivity contribution in [1.82, 2.24) is 24.5 Å². The number of anilines is 1. The van der Waals surface area contributed by atoms with Crippen LogP contribution < -0.4 is 15.4 Å². The average Bonchev–Trinajstić information content (AvgIpc) is 3.68. The SMILES string of the molecule is CCc1cnc2sc3ccc(Oc4ccccc4CNC(=O)Nc4cc(C(C)(C)C)nn4-c4ccc(O)c(Cl)c4)cc3n12. The van der Waals surface area contributed by atoms with Crippen molar-refractivity contribution in [3.8, 4) is 22.9 Å². The van der Waals surface area contributed by atoms with Gasteiger partial charge in [0.25, 0.3) is 0 Å². The van der Waals surface area contributed by atoms with Crippen LogP contribution in [0.5, 0.6) is 17.2 Å². The highest BCUT2D eigenvalue weighted by molar-refractivity contribution is 7.23. The molecule has 0 fully saturated rings. The summed E-state index contributed by atoms with van der Waals surface area (Å²) < 4.78 is 11.2. The number of para-hydroxylation sites is 1. The van der Waals surface area contributed by atoms with Gasteiger partial charge in [0.2, 0.25) is 0 Å². The monoisotopic (exact) mass is 614 g/mol. The van der Waals surface area contributed by atoms with E-state index in [1.807, 2.05) is 75.5 Å². The van der Waals surface area contributed by atoms with Crippen LogP contribution in [-0.4, -0.2) is 30.3 Å². The molecular formula is C32H31ClN6O3S. The van der Waals surface area contributed by atoms with Crippen LogP contribution in [0, 0.1) is 0 Å². The number of urea groups is 1. The van der Waals surface area contributed by atoms with Crippen LogP contribution in [0.3, 0.4) is 0 Å². The van der Waals surface area contributed by atoms with Crippen molar-refractivity contribution >= 4 is 50.0 Å². The van der Waals surface area contributed by atoms with E-state index in [4.69, 9.17) is 21.4 Å². The summed E-state index contributed by atoms with van der Waals surface area (Å²) >= 11 is 7.81. The van der Waals surface area contributed by atoms with Gasteiger partial charge in [-0.05, 0) is 42.8 Å². The molecule has 43 heavy (non-hydrogen) atoms. The molecule has 9 nitrogen and oxygen atoms in total. The number of amides is 2. The van der Waals surface area contributed by atoms with E-state index in [1.165, 1.54) is 6.07 Å². The summed E-state index contributed by atoms with van der Waals surface area (Å²) in [4.78, 5) is 18.6. The number of ether oxygens (including phenoxy) is 1. The molecule has 6 aromatic rings. The predicted molar refractivity (Wildman–Crippen MR) is 171 cm³/mol. The first-order valence-corrected chi connectivity index (χ1v) is 15.1. The third-order valence-electron chi connectivity index (χ3n) is 7.07. The average molecular weight is 615 g/mol. The lowest BCUT2D eigenvalue weighted by atomic mass is 9.92. The molecule has 0 unspecified atom stereocenters. The van der Waals surface area contributed by atoms with Gasteiger partial charge in [0.05, 0.1) is 32.8 Å². The molecule has 3 N–H and O–H groups in total. The zero-order chi connectivity index (χ0) is 30.3. The van der Waals surface area contributed by atoms with Crippen LogP contribution in [0.4, 0.5) is 10.6 Å². The molecule has 3 aromatic carbocycles. The number of halogens is 1. The Balaban J connectivity index is 1.20. The highest BCUT2D eigenvalue weighted by Gasteiger charge is 2.22. The third kappa shape index (κ3) is 5.76. The maximum Gasteiger partial charge on any atom is 0.320 e. The van der Waals surface area contributed by atoms with Crippen LogP contribution in [-0.2, 0) is 18.4 Å². The first-order chi connectivity index (χ1) is 20.6. The molecule has 0 aliphatic heterocycles. The van der Waals surface area contributed by atoms with Crippen LogP contribution in [0.2, 0.25) is 5.02 Å². The highest BCUT2D eigenvalue weighted by atomic mass is 35.5. The van der Waals surface area contributed by atoms with Crippen molar-refractivity contribution in [1.29, 1.82) is 0 Å². The number of aromatic hydroxyl groups is 1. The summed E-state index contributed by atoms with van der Waals surface area (Å²) in [5.41, 5.74) is 4.16. The van der Waals surface area contributed by atoms with E-state index in [0.717, 1.165) is 38.5 Å². The van der Waals surface area contributed by atoms with Gasteiger partial charge in [-0.3, -0.25) is 9.72 Å². The first kappa shape index (κ1) is 28.6. The molecule has 220 valence electrons. The topological polar surface area (TPSA) is 106 Å². The molecule has 0 saturated heterocycles. The number of phenols is 1. The number of phenolic OH excluding ortho intramolecular Hbond substituents is 1. The van der Waals surface area contributed by atoms with Gasteiger partial charge < -0.3 is 15.2 Å². The minimum absolute atomic E-state index is 0.0299. The molecule has 0 spiro atoms. The maximum atomic E-state index is 13.1. The number of hydrogen-bond acceptors (Lipinski definition) is 6. The minimum Gasteiger partial charge on any atom is -0.506 e. The van der Waals surface area contributed by atoms with Gasteiger partial charge in [0, 0.05) is 35.3 Å². The predicted octanol–water partition coefficient (Wildman–Crippen LogP) is 8.07. The lowest BCUT2D eigenvalue weighted by molar-refractivity contribution is 0.251. The van der Waals surface area contributed by atoms with Crippen LogP contribution in [0.1, 0.15) is 44.6 Å². The van der Waals surface area contributed by atoms with Gasteiger partial charge in [-0.2, -0.15) is 5.10 Å². The Morgan fingerprint density at radius 2 is 1.91 bits per heavy atom. The van der Waals surface area contributed by atoms with E-state index in [9.17, 15) is 9.90 Å². The van der Waals surface area contributed by atoms with Gasteiger partial charge in [-0.1, -0.05) is 68.8 Å². The third-order valence-corrected chi connectivity index (χ3v) is 8.41. The summed E-state index contributed by atoms with van der Waals surface area (Å²) in [5, 5.41) is 20.6. The highest BCUT2D eigenvalue weighted by Crippen LogP contribution is 2.34. The fourth-order valence-corrected chi connectivity index (χ4v) is 5.92. The second kappa shape index (κ2) is 11.3. The van der Waals surface area contributed by atoms with Crippen molar-refractivity contribution in [2.75, 3.05) is 5.32 Å². The molecule has 2 amide bonds. The Bertz CT molecular complexity index is 1970. The normalized spacial score (nSPS) is 11.7. The van der Waals surface area contributed by atoms with Crippen molar-refractivity contribution < 1.29 is 14.6 Å². The molecule has 0 aliphatic carbocycles. The summed E-state index contributed by atoms with van der Waals surface area (Å²) in [5.74, 6) is 1.78. The standard InChI is InChI=1S/C32H31ClN6O3S/c1-5-20-18-35-31-38(20)24-15-22(11-13-27(24)43-31)42-26-9-7-6-8-19(26)17-34-30(41)36-29-16-28(32(2,3)4)37-39(29)21-10-12-25(40)23(33)14-21/h6-16,18,40H,5,17H2,1-4H3,(H2,34,36,41). The number of imidazole rings is 1. The number of carbonyl (C=O) groups excluding carboxylic acids is 1. The van der Waals surface area contributed by atoms with Crippen LogP contribution in [0.25, 0.3) is 20.9 Å². The molecular weight excluding hydrogens is 584 g/mol. The van der Waals surface area contributed by atoms with E-state index >= 15 is 0 Å². The summed E-state index contributed by atoms with van der Waals surface area (Å²) in [6.45, 7) is 8.48. The number of thiazole rings is 1. The smallest absolute Gasteiger partial charge is 0.320 e. The zero-order valence-electron chi connectivity index (χ0n) is 24.2. The fourth-order valence-electron chi connectivity index (χ4n) is 4.74. The Labute approximate surface area is 257 Å². The van der Waals surface area contributed by atoms with Gasteiger partial charge in [0.1, 0.15) is 23.1 Å². The molecule has 0 atom stereocenters. The lowest BCUT2D eigenvalue weighted by Crippen LogP contribution is -2.29. The van der Waals surface area contributed by atoms with E-state index in [1.54, 1.807) is 28.2 Å². The van der Waals surface area contributed by atoms with E-state index in [-0.39, 0.29) is 22.7 Å². The van der Waals surface area contributed by atoms with Gasteiger partial charge >= 0.3 is 6.03 Å². The lowest BCUT2D eigenvalue weighted by Gasteiger charge is -2.14. The Hall–Kier alpha value is -4.54. The Morgan fingerprint density at radius 1 is 1.09 bits per heavy atom.